The van der Waals surface area contributed by atoms with Crippen molar-refractivity contribution in [3.8, 4) is 0 Å². The zero-order valence-corrected chi connectivity index (χ0v) is 14.1. The predicted octanol–water partition coefficient (Wildman–Crippen LogP) is 5.22. The van der Waals surface area contributed by atoms with Crippen LogP contribution in [0, 0.1) is 19.7 Å². The first-order valence-corrected chi connectivity index (χ1v) is 7.51. The highest BCUT2D eigenvalue weighted by Crippen LogP contribution is 2.25. The molecule has 2 rings (SSSR count). The summed E-state index contributed by atoms with van der Waals surface area (Å²) in [7, 11) is 0. The van der Waals surface area contributed by atoms with Gasteiger partial charge in [0.15, 0.2) is 0 Å². The molecule has 104 valence electrons. The summed E-state index contributed by atoms with van der Waals surface area (Å²) in [6.45, 7) is 3.67. The lowest BCUT2D eigenvalue weighted by Gasteiger charge is -2.11. The largest absolute Gasteiger partial charge is 0.322 e. The van der Waals surface area contributed by atoms with E-state index >= 15 is 0 Å². The quantitative estimate of drug-likeness (QED) is 0.735. The summed E-state index contributed by atoms with van der Waals surface area (Å²) < 4.78 is 14.8. The lowest BCUT2D eigenvalue weighted by molar-refractivity contribution is 0.102. The van der Waals surface area contributed by atoms with Crippen molar-refractivity contribution in [3.63, 3.8) is 0 Å². The van der Waals surface area contributed by atoms with Crippen LogP contribution in [0.25, 0.3) is 0 Å². The molecule has 0 aliphatic rings. The number of anilines is 1. The molecule has 0 fully saturated rings. The molecule has 1 amide bonds. The summed E-state index contributed by atoms with van der Waals surface area (Å²) in [6.07, 6.45) is 0. The van der Waals surface area contributed by atoms with Crippen LogP contribution < -0.4 is 5.32 Å². The number of carbonyl (C=O) groups excluding carboxylic acids is 1. The minimum atomic E-state index is -0.406. The minimum Gasteiger partial charge on any atom is -0.322 e. The van der Waals surface area contributed by atoms with Gasteiger partial charge in [-0.3, -0.25) is 4.79 Å². The standard InChI is InChI=1S/C15H12Br2FNO/c1-8-6-12(17)13(18)7-14(8)19-15(20)10-4-3-5-11(16)9(10)2/h3-7H,1-2H3,(H,19,20). The molecule has 20 heavy (non-hydrogen) atoms. The van der Waals surface area contributed by atoms with E-state index in [1.807, 2.05) is 19.9 Å². The second-order valence-corrected chi connectivity index (χ2v) is 6.16. The molecule has 0 aliphatic heterocycles. The zero-order chi connectivity index (χ0) is 14.9. The molecule has 0 bridgehead atoms. The van der Waals surface area contributed by atoms with E-state index in [1.165, 1.54) is 6.07 Å². The number of hydrogen-bond donors (Lipinski definition) is 1. The van der Waals surface area contributed by atoms with Crippen molar-refractivity contribution in [2.75, 3.05) is 5.32 Å². The highest BCUT2D eigenvalue weighted by atomic mass is 79.9. The molecule has 0 heterocycles. The SMILES string of the molecule is Cc1cc(Br)c(F)cc1NC(=O)c1cccc(Br)c1C. The molecular weight excluding hydrogens is 389 g/mol. The molecule has 2 aromatic rings. The van der Waals surface area contributed by atoms with Crippen LogP contribution in [-0.4, -0.2) is 5.91 Å². The Hall–Kier alpha value is -1.20. The van der Waals surface area contributed by atoms with Crippen LogP contribution in [0.15, 0.2) is 39.3 Å². The average Bonchev–Trinajstić information content (AvgIpc) is 2.39. The Kier molecular flexibility index (Phi) is 4.60. The fourth-order valence-corrected chi connectivity index (χ4v) is 2.65. The number of rotatable bonds is 2. The van der Waals surface area contributed by atoms with Crippen molar-refractivity contribution in [2.24, 2.45) is 0 Å². The number of nitrogens with one attached hydrogen (secondary N) is 1. The van der Waals surface area contributed by atoms with Crippen LogP contribution in [0.4, 0.5) is 10.1 Å². The smallest absolute Gasteiger partial charge is 0.255 e. The molecule has 0 saturated carbocycles. The summed E-state index contributed by atoms with van der Waals surface area (Å²) in [5.74, 6) is -0.662. The van der Waals surface area contributed by atoms with Gasteiger partial charge in [0, 0.05) is 15.7 Å². The van der Waals surface area contributed by atoms with Crippen molar-refractivity contribution in [1.29, 1.82) is 0 Å². The summed E-state index contributed by atoms with van der Waals surface area (Å²) in [5, 5.41) is 2.74. The third-order valence-corrected chi connectivity index (χ3v) is 4.49. The zero-order valence-electron chi connectivity index (χ0n) is 10.9. The van der Waals surface area contributed by atoms with E-state index in [4.69, 9.17) is 0 Å². The van der Waals surface area contributed by atoms with E-state index in [2.05, 4.69) is 37.2 Å². The Morgan fingerprint density at radius 1 is 1.15 bits per heavy atom. The summed E-state index contributed by atoms with van der Waals surface area (Å²) >= 11 is 6.51. The Morgan fingerprint density at radius 2 is 1.85 bits per heavy atom. The van der Waals surface area contributed by atoms with Crippen LogP contribution in [0.5, 0.6) is 0 Å². The predicted molar refractivity (Wildman–Crippen MR) is 85.7 cm³/mol. The Bertz CT molecular complexity index is 686. The molecule has 2 nitrogen and oxygen atoms in total. The summed E-state index contributed by atoms with van der Waals surface area (Å²) in [4.78, 5) is 12.3. The summed E-state index contributed by atoms with van der Waals surface area (Å²) in [6, 6.07) is 8.35. The molecule has 0 atom stereocenters. The maximum absolute atomic E-state index is 13.5. The molecule has 5 heteroatoms. The monoisotopic (exact) mass is 399 g/mol. The third-order valence-electron chi connectivity index (χ3n) is 3.03. The molecule has 0 saturated heterocycles. The molecule has 0 aliphatic carbocycles. The van der Waals surface area contributed by atoms with Crippen molar-refractivity contribution in [2.45, 2.75) is 13.8 Å². The maximum Gasteiger partial charge on any atom is 0.255 e. The topological polar surface area (TPSA) is 29.1 Å². The molecule has 0 unspecified atom stereocenters. The van der Waals surface area contributed by atoms with Gasteiger partial charge in [-0.15, -0.1) is 0 Å². The van der Waals surface area contributed by atoms with Gasteiger partial charge >= 0.3 is 0 Å². The van der Waals surface area contributed by atoms with Gasteiger partial charge in [0.2, 0.25) is 0 Å². The number of halogens is 3. The lowest BCUT2D eigenvalue weighted by Crippen LogP contribution is -2.14. The second kappa shape index (κ2) is 6.06. The van der Waals surface area contributed by atoms with E-state index in [0.29, 0.717) is 15.7 Å². The number of aryl methyl sites for hydroxylation is 1. The number of benzene rings is 2. The van der Waals surface area contributed by atoms with E-state index in [1.54, 1.807) is 18.2 Å². The van der Waals surface area contributed by atoms with E-state index in [0.717, 1.165) is 15.6 Å². The van der Waals surface area contributed by atoms with Crippen LogP contribution in [0.1, 0.15) is 21.5 Å². The van der Waals surface area contributed by atoms with Crippen LogP contribution >= 0.6 is 31.9 Å². The minimum absolute atomic E-state index is 0.256. The second-order valence-electron chi connectivity index (χ2n) is 4.45. The van der Waals surface area contributed by atoms with E-state index in [9.17, 15) is 9.18 Å². The number of amides is 1. The van der Waals surface area contributed by atoms with Crippen molar-refractivity contribution in [1.82, 2.24) is 0 Å². The van der Waals surface area contributed by atoms with Crippen molar-refractivity contribution in [3.05, 3.63) is 61.8 Å². The fourth-order valence-electron chi connectivity index (χ4n) is 1.82. The average molecular weight is 401 g/mol. The molecule has 1 N–H and O–H groups in total. The molecule has 0 aromatic heterocycles. The summed E-state index contributed by atoms with van der Waals surface area (Å²) in [5.41, 5.74) is 2.66. The first kappa shape index (κ1) is 15.2. The number of hydrogen-bond acceptors (Lipinski definition) is 1. The molecule has 0 radical (unpaired) electrons. The van der Waals surface area contributed by atoms with Gasteiger partial charge in [-0.2, -0.15) is 0 Å². The Morgan fingerprint density at radius 3 is 2.55 bits per heavy atom. The highest BCUT2D eigenvalue weighted by molar-refractivity contribution is 9.10. The van der Waals surface area contributed by atoms with Crippen LogP contribution in [-0.2, 0) is 0 Å². The third kappa shape index (κ3) is 3.10. The Labute approximate surface area is 133 Å². The van der Waals surface area contributed by atoms with Gasteiger partial charge in [-0.1, -0.05) is 22.0 Å². The normalized spacial score (nSPS) is 10.4. The van der Waals surface area contributed by atoms with Crippen LogP contribution in [0.3, 0.4) is 0 Å². The first-order valence-electron chi connectivity index (χ1n) is 5.92. The van der Waals surface area contributed by atoms with Gasteiger partial charge in [-0.25, -0.2) is 4.39 Å². The van der Waals surface area contributed by atoms with Crippen molar-refractivity contribution >= 4 is 43.5 Å². The lowest BCUT2D eigenvalue weighted by atomic mass is 10.1. The van der Waals surface area contributed by atoms with Gasteiger partial charge < -0.3 is 5.32 Å². The maximum atomic E-state index is 13.5. The van der Waals surface area contributed by atoms with Gasteiger partial charge in [0.05, 0.1) is 4.47 Å². The first-order chi connectivity index (χ1) is 9.40. The van der Waals surface area contributed by atoms with E-state index < -0.39 is 5.82 Å². The number of carbonyl (C=O) groups is 1. The van der Waals surface area contributed by atoms with Gasteiger partial charge in [0.25, 0.3) is 5.91 Å². The fraction of sp³-hybridized carbons (Fsp3) is 0.133. The van der Waals surface area contributed by atoms with Crippen LogP contribution in [0.2, 0.25) is 0 Å². The molecule has 0 spiro atoms. The molecular formula is C15H12Br2FNO. The van der Waals surface area contributed by atoms with Crippen molar-refractivity contribution < 1.29 is 9.18 Å². The van der Waals surface area contributed by atoms with E-state index in [-0.39, 0.29) is 5.91 Å². The Balaban J connectivity index is 2.33. The van der Waals surface area contributed by atoms with Gasteiger partial charge in [-0.05, 0) is 65.2 Å². The van der Waals surface area contributed by atoms with Gasteiger partial charge in [0.1, 0.15) is 5.82 Å². The molecule has 2 aromatic carbocycles. The highest BCUT2D eigenvalue weighted by Gasteiger charge is 2.13.